The van der Waals surface area contributed by atoms with Gasteiger partial charge in [-0.2, -0.15) is 0 Å². The second-order valence-electron chi connectivity index (χ2n) is 5.07. The van der Waals surface area contributed by atoms with Crippen LogP contribution in [0.25, 0.3) is 10.2 Å². The molecule has 0 spiro atoms. The summed E-state index contributed by atoms with van der Waals surface area (Å²) in [7, 11) is 0. The molecule has 0 atom stereocenters. The van der Waals surface area contributed by atoms with Crippen molar-refractivity contribution in [2.24, 2.45) is 0 Å². The van der Waals surface area contributed by atoms with Crippen molar-refractivity contribution in [3.05, 3.63) is 46.1 Å². The second kappa shape index (κ2) is 4.87. The number of nitrogens with zero attached hydrogens (tertiary/aromatic N) is 2. The van der Waals surface area contributed by atoms with Gasteiger partial charge in [-0.1, -0.05) is 6.07 Å². The number of hydrogen-bond donors (Lipinski definition) is 0. The molecule has 2 aromatic heterocycles. The number of thiophene rings is 1. The Hall–Kier alpha value is -1.94. The van der Waals surface area contributed by atoms with Crippen LogP contribution in [0.1, 0.15) is 21.6 Å². The van der Waals surface area contributed by atoms with E-state index in [4.69, 9.17) is 4.74 Å². The van der Waals surface area contributed by atoms with Crippen LogP contribution in [0.4, 0.5) is 0 Å². The first-order valence-corrected chi connectivity index (χ1v) is 7.33. The van der Waals surface area contributed by atoms with Crippen LogP contribution >= 0.6 is 11.3 Å². The fourth-order valence-corrected chi connectivity index (χ4v) is 3.32. The van der Waals surface area contributed by atoms with Gasteiger partial charge in [-0.05, 0) is 56.5 Å². The molecule has 0 fully saturated rings. The lowest BCUT2D eigenvalue weighted by molar-refractivity contribution is 0.467. The Morgan fingerprint density at radius 1 is 0.950 bits per heavy atom. The number of hydrogen-bond acceptors (Lipinski definition) is 4. The van der Waals surface area contributed by atoms with Gasteiger partial charge < -0.3 is 4.74 Å². The summed E-state index contributed by atoms with van der Waals surface area (Å²) < 4.78 is 6.00. The first kappa shape index (κ1) is 13.1. The van der Waals surface area contributed by atoms with Crippen LogP contribution in [0.15, 0.2) is 24.5 Å². The number of ether oxygens (including phenoxy) is 1. The third kappa shape index (κ3) is 2.27. The van der Waals surface area contributed by atoms with E-state index < -0.39 is 0 Å². The van der Waals surface area contributed by atoms with Crippen LogP contribution in [0, 0.1) is 27.7 Å². The van der Waals surface area contributed by atoms with Gasteiger partial charge in [0.15, 0.2) is 0 Å². The highest BCUT2D eigenvalue weighted by molar-refractivity contribution is 7.18. The molecule has 4 heteroatoms. The molecule has 3 rings (SSSR count). The highest BCUT2D eigenvalue weighted by atomic mass is 32.1. The van der Waals surface area contributed by atoms with Crippen molar-refractivity contribution in [1.82, 2.24) is 9.97 Å². The fourth-order valence-electron chi connectivity index (χ4n) is 2.33. The monoisotopic (exact) mass is 284 g/mol. The van der Waals surface area contributed by atoms with Gasteiger partial charge in [0.1, 0.15) is 16.9 Å². The fraction of sp³-hybridized carbons (Fsp3) is 0.250. The molecular formula is C16H16N2OS. The summed E-state index contributed by atoms with van der Waals surface area (Å²) >= 11 is 1.68. The summed E-state index contributed by atoms with van der Waals surface area (Å²) in [6.07, 6.45) is 1.57. The van der Waals surface area contributed by atoms with Crippen molar-refractivity contribution in [2.75, 3.05) is 0 Å². The molecule has 0 amide bonds. The molecule has 0 N–H and O–H groups in total. The molecule has 102 valence electrons. The molecule has 0 unspecified atom stereocenters. The molecule has 0 saturated carbocycles. The molecule has 20 heavy (non-hydrogen) atoms. The van der Waals surface area contributed by atoms with Crippen molar-refractivity contribution in [3.63, 3.8) is 0 Å². The summed E-state index contributed by atoms with van der Waals surface area (Å²) in [6.45, 7) is 8.32. The average molecular weight is 284 g/mol. The van der Waals surface area contributed by atoms with E-state index in [0.29, 0.717) is 5.88 Å². The summed E-state index contributed by atoms with van der Waals surface area (Å²) in [5.74, 6) is 1.47. The Morgan fingerprint density at radius 3 is 2.35 bits per heavy atom. The SMILES string of the molecule is Cc1cc(C)cc(Oc2ncnc3sc(C)c(C)c23)c1. The predicted molar refractivity (Wildman–Crippen MR) is 82.9 cm³/mol. The smallest absolute Gasteiger partial charge is 0.231 e. The Bertz CT molecular complexity index is 772. The molecule has 3 aromatic rings. The van der Waals surface area contributed by atoms with E-state index in [1.54, 1.807) is 17.7 Å². The molecule has 1 aromatic carbocycles. The second-order valence-corrected chi connectivity index (χ2v) is 6.27. The molecular weight excluding hydrogens is 268 g/mol. The minimum absolute atomic E-state index is 0.641. The normalized spacial score (nSPS) is 11.0. The standard InChI is InChI=1S/C16H16N2OS/c1-9-5-10(2)7-13(6-9)19-15-14-11(3)12(4)20-16(14)18-8-17-15/h5-8H,1-4H3. The van der Waals surface area contributed by atoms with Crippen LogP contribution < -0.4 is 4.74 Å². The highest BCUT2D eigenvalue weighted by Gasteiger charge is 2.13. The molecule has 2 heterocycles. The van der Waals surface area contributed by atoms with Gasteiger partial charge >= 0.3 is 0 Å². The lowest BCUT2D eigenvalue weighted by atomic mass is 10.1. The molecule has 0 aliphatic carbocycles. The maximum Gasteiger partial charge on any atom is 0.231 e. The minimum atomic E-state index is 0.641. The lowest BCUT2D eigenvalue weighted by Gasteiger charge is -2.08. The van der Waals surface area contributed by atoms with Crippen molar-refractivity contribution in [2.45, 2.75) is 27.7 Å². The zero-order chi connectivity index (χ0) is 14.3. The number of fused-ring (bicyclic) bond motifs is 1. The predicted octanol–water partition coefficient (Wildman–Crippen LogP) is 4.72. The van der Waals surface area contributed by atoms with Crippen molar-refractivity contribution < 1.29 is 4.74 Å². The van der Waals surface area contributed by atoms with Gasteiger partial charge in [0.25, 0.3) is 0 Å². The third-order valence-electron chi connectivity index (χ3n) is 3.34. The summed E-state index contributed by atoms with van der Waals surface area (Å²) in [6, 6.07) is 6.17. The molecule has 0 aliphatic heterocycles. The van der Waals surface area contributed by atoms with Gasteiger partial charge in [0.05, 0.1) is 5.39 Å². The minimum Gasteiger partial charge on any atom is -0.438 e. The largest absolute Gasteiger partial charge is 0.438 e. The Balaban J connectivity index is 2.10. The van der Waals surface area contributed by atoms with Crippen LogP contribution in [-0.2, 0) is 0 Å². The van der Waals surface area contributed by atoms with Crippen molar-refractivity contribution in [1.29, 1.82) is 0 Å². The van der Waals surface area contributed by atoms with Gasteiger partial charge in [-0.25, -0.2) is 9.97 Å². The van der Waals surface area contributed by atoms with Crippen LogP contribution in [0.5, 0.6) is 11.6 Å². The Morgan fingerprint density at radius 2 is 1.65 bits per heavy atom. The van der Waals surface area contributed by atoms with Crippen LogP contribution in [0.2, 0.25) is 0 Å². The third-order valence-corrected chi connectivity index (χ3v) is 4.46. The van der Waals surface area contributed by atoms with Gasteiger partial charge in [0, 0.05) is 4.88 Å². The Labute approximate surface area is 122 Å². The molecule has 3 nitrogen and oxygen atoms in total. The van der Waals surface area contributed by atoms with E-state index in [1.165, 1.54) is 21.6 Å². The first-order chi connectivity index (χ1) is 9.54. The van der Waals surface area contributed by atoms with E-state index >= 15 is 0 Å². The van der Waals surface area contributed by atoms with Crippen LogP contribution in [-0.4, -0.2) is 9.97 Å². The zero-order valence-electron chi connectivity index (χ0n) is 12.0. The van der Waals surface area contributed by atoms with Crippen LogP contribution in [0.3, 0.4) is 0 Å². The first-order valence-electron chi connectivity index (χ1n) is 6.51. The van der Waals surface area contributed by atoms with E-state index in [1.807, 2.05) is 12.1 Å². The van der Waals surface area contributed by atoms with Gasteiger partial charge in [-0.3, -0.25) is 0 Å². The van der Waals surface area contributed by atoms with E-state index in [9.17, 15) is 0 Å². The zero-order valence-corrected chi connectivity index (χ0v) is 12.8. The quantitative estimate of drug-likeness (QED) is 0.683. The lowest BCUT2D eigenvalue weighted by Crippen LogP contribution is -1.91. The highest BCUT2D eigenvalue weighted by Crippen LogP contribution is 2.35. The van der Waals surface area contributed by atoms with E-state index in [-0.39, 0.29) is 0 Å². The average Bonchev–Trinajstić information content (AvgIpc) is 2.65. The Kier molecular flexibility index (Phi) is 3.18. The van der Waals surface area contributed by atoms with E-state index in [0.717, 1.165) is 16.0 Å². The van der Waals surface area contributed by atoms with Crippen molar-refractivity contribution >= 4 is 21.6 Å². The summed E-state index contributed by atoms with van der Waals surface area (Å²) in [5.41, 5.74) is 3.57. The molecule has 0 saturated heterocycles. The summed E-state index contributed by atoms with van der Waals surface area (Å²) in [4.78, 5) is 10.9. The van der Waals surface area contributed by atoms with E-state index in [2.05, 4.69) is 43.7 Å². The topological polar surface area (TPSA) is 35.0 Å². The number of aryl methyl sites for hydroxylation is 4. The number of rotatable bonds is 2. The van der Waals surface area contributed by atoms with Crippen molar-refractivity contribution in [3.8, 4) is 11.6 Å². The molecule has 0 bridgehead atoms. The maximum absolute atomic E-state index is 6.00. The molecule has 0 aliphatic rings. The van der Waals surface area contributed by atoms with Gasteiger partial charge in [-0.15, -0.1) is 11.3 Å². The van der Waals surface area contributed by atoms with Gasteiger partial charge in [0.2, 0.25) is 5.88 Å². The molecule has 0 radical (unpaired) electrons. The maximum atomic E-state index is 6.00. The number of aromatic nitrogens is 2. The number of benzene rings is 1. The summed E-state index contributed by atoms with van der Waals surface area (Å²) in [5, 5.41) is 1.02.